The lowest BCUT2D eigenvalue weighted by molar-refractivity contribution is -0.117. The van der Waals surface area contributed by atoms with Gasteiger partial charge in [-0.1, -0.05) is 19.3 Å². The van der Waals surface area contributed by atoms with Crippen molar-refractivity contribution in [1.29, 1.82) is 0 Å². The smallest absolute Gasteiger partial charge is 0.224 e. The van der Waals surface area contributed by atoms with Gasteiger partial charge in [0.15, 0.2) is 5.65 Å². The molecule has 1 aliphatic carbocycles. The molecule has 2 fully saturated rings. The normalized spacial score (nSPS) is 15.7. The van der Waals surface area contributed by atoms with Gasteiger partial charge in [0.1, 0.15) is 29.5 Å². The minimum Gasteiger partial charge on any atom is -0.492 e. The number of hydrogen-bond acceptors (Lipinski definition) is 7. The molecule has 250 valence electrons. The number of pyridine rings is 3. The molecule has 1 saturated carbocycles. The molecule has 2 aliphatic rings. The van der Waals surface area contributed by atoms with Crippen LogP contribution in [0.2, 0.25) is 0 Å². The molecule has 1 aliphatic heterocycles. The second-order valence-corrected chi connectivity index (χ2v) is 13.3. The Balaban J connectivity index is 1.05. The third-order valence-electron chi connectivity index (χ3n) is 9.81. The summed E-state index contributed by atoms with van der Waals surface area (Å²) in [5, 5.41) is 12.3. The highest BCUT2D eigenvalue weighted by Crippen LogP contribution is 2.36. The topological polar surface area (TPSA) is 125 Å². The molecular weight excluding hydrogens is 619 g/mol. The summed E-state index contributed by atoms with van der Waals surface area (Å²) in [6, 6.07) is 12.7. The van der Waals surface area contributed by atoms with Crippen LogP contribution in [0.3, 0.4) is 0 Å². The molecule has 1 saturated heterocycles. The first-order valence-corrected chi connectivity index (χ1v) is 17.3. The SMILES string of the molecule is O=C(CC1CCCCC1)Nc1cncc(-c2cnc3[nH]nc(-c4cc5c(-c6cc(F)cc(OCCN7CCCC7)c6)ccnc5[nH]4)c3c2)c1. The molecule has 6 aromatic rings. The molecule has 0 bridgehead atoms. The molecule has 10 nitrogen and oxygen atoms in total. The van der Waals surface area contributed by atoms with Gasteiger partial charge in [-0.05, 0) is 92.2 Å². The zero-order chi connectivity index (χ0) is 33.2. The van der Waals surface area contributed by atoms with E-state index in [9.17, 15) is 9.18 Å². The first-order valence-electron chi connectivity index (χ1n) is 17.3. The van der Waals surface area contributed by atoms with E-state index in [0.717, 1.165) is 65.6 Å². The largest absolute Gasteiger partial charge is 0.492 e. The summed E-state index contributed by atoms with van der Waals surface area (Å²) in [6.07, 6.45) is 15.8. The highest BCUT2D eigenvalue weighted by atomic mass is 19.1. The number of nitrogens with one attached hydrogen (secondary N) is 3. The van der Waals surface area contributed by atoms with Crippen LogP contribution >= 0.6 is 0 Å². The van der Waals surface area contributed by atoms with Crippen LogP contribution in [0, 0.1) is 11.7 Å². The minimum atomic E-state index is -0.353. The quantitative estimate of drug-likeness (QED) is 0.137. The lowest BCUT2D eigenvalue weighted by atomic mass is 9.87. The molecule has 6 heterocycles. The van der Waals surface area contributed by atoms with Crippen LogP contribution in [0.1, 0.15) is 51.4 Å². The fourth-order valence-corrected chi connectivity index (χ4v) is 7.30. The number of carbonyl (C=O) groups excluding carboxylic acids is 1. The van der Waals surface area contributed by atoms with E-state index >= 15 is 0 Å². The lowest BCUT2D eigenvalue weighted by Gasteiger charge is -2.20. The minimum absolute atomic E-state index is 0.0304. The maximum absolute atomic E-state index is 14.8. The number of halogens is 1. The van der Waals surface area contributed by atoms with Crippen LogP contribution in [-0.2, 0) is 4.79 Å². The van der Waals surface area contributed by atoms with E-state index in [1.807, 2.05) is 30.3 Å². The number of aromatic nitrogens is 6. The molecule has 5 aromatic heterocycles. The van der Waals surface area contributed by atoms with Gasteiger partial charge in [0.25, 0.3) is 0 Å². The number of aromatic amines is 2. The van der Waals surface area contributed by atoms with Gasteiger partial charge in [0.05, 0.1) is 17.6 Å². The molecule has 1 amide bonds. The number of carbonyl (C=O) groups is 1. The third kappa shape index (κ3) is 6.89. The fraction of sp³-hybridized carbons (Fsp3) is 0.342. The Kier molecular flexibility index (Phi) is 8.74. The highest BCUT2D eigenvalue weighted by Gasteiger charge is 2.19. The number of likely N-dealkylation sites (tertiary alicyclic amines) is 1. The van der Waals surface area contributed by atoms with E-state index in [0.29, 0.717) is 52.9 Å². The van der Waals surface area contributed by atoms with Gasteiger partial charge in [-0.15, -0.1) is 0 Å². The average Bonchev–Trinajstić information content (AvgIpc) is 3.88. The van der Waals surface area contributed by atoms with Crippen molar-refractivity contribution in [2.75, 3.05) is 31.6 Å². The van der Waals surface area contributed by atoms with Crippen molar-refractivity contribution in [3.05, 3.63) is 73.1 Å². The zero-order valence-corrected chi connectivity index (χ0v) is 27.3. The molecule has 0 atom stereocenters. The Morgan fingerprint density at radius 1 is 0.898 bits per heavy atom. The third-order valence-corrected chi connectivity index (χ3v) is 9.81. The van der Waals surface area contributed by atoms with Crippen molar-refractivity contribution < 1.29 is 13.9 Å². The van der Waals surface area contributed by atoms with Crippen molar-refractivity contribution in [3.63, 3.8) is 0 Å². The van der Waals surface area contributed by atoms with E-state index in [1.165, 1.54) is 44.2 Å². The summed E-state index contributed by atoms with van der Waals surface area (Å²) in [7, 11) is 0. The lowest BCUT2D eigenvalue weighted by Crippen LogP contribution is -2.25. The molecule has 8 rings (SSSR count). The second-order valence-electron chi connectivity index (χ2n) is 13.3. The average molecular weight is 659 g/mol. The molecule has 3 N–H and O–H groups in total. The molecule has 49 heavy (non-hydrogen) atoms. The summed E-state index contributed by atoms with van der Waals surface area (Å²) in [4.78, 5) is 32.2. The molecular formula is C38H39FN8O2. The van der Waals surface area contributed by atoms with Crippen LogP contribution in [-0.4, -0.2) is 67.2 Å². The van der Waals surface area contributed by atoms with Crippen LogP contribution < -0.4 is 10.1 Å². The van der Waals surface area contributed by atoms with Gasteiger partial charge >= 0.3 is 0 Å². The predicted molar refractivity (Wildman–Crippen MR) is 189 cm³/mol. The van der Waals surface area contributed by atoms with Crippen molar-refractivity contribution in [3.8, 4) is 39.4 Å². The van der Waals surface area contributed by atoms with E-state index in [4.69, 9.17) is 4.74 Å². The van der Waals surface area contributed by atoms with Crippen LogP contribution in [0.5, 0.6) is 5.75 Å². The van der Waals surface area contributed by atoms with Crippen molar-refractivity contribution in [2.24, 2.45) is 5.92 Å². The number of anilines is 1. The standard InChI is InChI=1S/C38H39FN8O2/c39-28-15-25(17-30(19-28)49-13-12-47-10-4-5-11-47)31-8-9-41-37-32(31)20-34(44-37)36-33-18-27(22-42-38(33)46-45-36)26-16-29(23-40-21-26)43-35(48)14-24-6-2-1-3-7-24/h8-9,15-24H,1-7,10-14H2,(H,41,44)(H,43,48)(H,42,45,46). The summed E-state index contributed by atoms with van der Waals surface area (Å²) < 4.78 is 20.8. The summed E-state index contributed by atoms with van der Waals surface area (Å²) in [6.45, 7) is 3.53. The summed E-state index contributed by atoms with van der Waals surface area (Å²) in [5.74, 6) is 0.646. The summed E-state index contributed by atoms with van der Waals surface area (Å²) in [5.41, 5.74) is 6.62. The van der Waals surface area contributed by atoms with Crippen LogP contribution in [0.25, 0.3) is 55.7 Å². The van der Waals surface area contributed by atoms with E-state index < -0.39 is 0 Å². The first kappa shape index (κ1) is 31.1. The number of ether oxygens (including phenoxy) is 1. The number of hydrogen-bond donors (Lipinski definition) is 3. The van der Waals surface area contributed by atoms with E-state index in [-0.39, 0.29) is 11.7 Å². The van der Waals surface area contributed by atoms with Gasteiger partial charge in [0.2, 0.25) is 5.91 Å². The van der Waals surface area contributed by atoms with Crippen molar-refractivity contribution in [1.82, 2.24) is 35.0 Å². The van der Waals surface area contributed by atoms with Gasteiger partial charge in [-0.2, -0.15) is 5.10 Å². The molecule has 11 heteroatoms. The first-order chi connectivity index (χ1) is 24.1. The Morgan fingerprint density at radius 2 is 1.76 bits per heavy atom. The fourth-order valence-electron chi connectivity index (χ4n) is 7.30. The Labute approximate surface area is 283 Å². The molecule has 0 spiro atoms. The van der Waals surface area contributed by atoms with Crippen molar-refractivity contribution in [2.45, 2.75) is 51.4 Å². The van der Waals surface area contributed by atoms with Gasteiger partial charge < -0.3 is 15.0 Å². The Hall–Kier alpha value is -5.16. The predicted octanol–water partition coefficient (Wildman–Crippen LogP) is 7.75. The molecule has 0 radical (unpaired) electrons. The van der Waals surface area contributed by atoms with Gasteiger partial charge in [0, 0.05) is 59.5 Å². The number of benzene rings is 1. The number of H-pyrrole nitrogens is 2. The maximum Gasteiger partial charge on any atom is 0.224 e. The second kappa shape index (κ2) is 13.8. The van der Waals surface area contributed by atoms with Crippen LogP contribution in [0.4, 0.5) is 10.1 Å². The monoisotopic (exact) mass is 658 g/mol. The summed E-state index contributed by atoms with van der Waals surface area (Å²) >= 11 is 0. The van der Waals surface area contributed by atoms with Crippen molar-refractivity contribution >= 4 is 33.7 Å². The number of fused-ring (bicyclic) bond motifs is 2. The molecule has 0 unspecified atom stereocenters. The van der Waals surface area contributed by atoms with E-state index in [2.05, 4.69) is 40.3 Å². The van der Waals surface area contributed by atoms with Gasteiger partial charge in [-0.3, -0.25) is 19.8 Å². The Bertz CT molecular complexity index is 2110. The number of rotatable bonds is 10. The maximum atomic E-state index is 14.8. The Morgan fingerprint density at radius 3 is 2.63 bits per heavy atom. The number of nitrogens with zero attached hydrogens (tertiary/aromatic N) is 5. The zero-order valence-electron chi connectivity index (χ0n) is 27.3. The number of amides is 1. The highest BCUT2D eigenvalue weighted by molar-refractivity contribution is 6.00. The van der Waals surface area contributed by atoms with Gasteiger partial charge in [-0.25, -0.2) is 14.4 Å². The van der Waals surface area contributed by atoms with Crippen LogP contribution in [0.15, 0.2) is 67.3 Å². The van der Waals surface area contributed by atoms with E-state index in [1.54, 1.807) is 24.8 Å². The molecule has 1 aromatic carbocycles.